The maximum Gasteiger partial charge on any atom is 0.227 e. The molecule has 168 valence electrons. The Bertz CT molecular complexity index is 707. The van der Waals surface area contributed by atoms with Crippen LogP contribution >= 0.6 is 24.0 Å². The van der Waals surface area contributed by atoms with E-state index < -0.39 is 0 Å². The molecule has 1 saturated heterocycles. The van der Waals surface area contributed by atoms with Crippen molar-refractivity contribution in [3.05, 3.63) is 29.8 Å². The number of nitrogens with zero attached hydrogens (tertiary/aromatic N) is 4. The lowest BCUT2D eigenvalue weighted by Crippen LogP contribution is -2.41. The lowest BCUT2D eigenvalue weighted by molar-refractivity contribution is -0.118. The van der Waals surface area contributed by atoms with Gasteiger partial charge in [-0.2, -0.15) is 0 Å². The molecule has 0 aliphatic carbocycles. The highest BCUT2D eigenvalue weighted by Gasteiger charge is 2.26. The van der Waals surface area contributed by atoms with Crippen LogP contribution in [0.3, 0.4) is 0 Å². The van der Waals surface area contributed by atoms with Crippen LogP contribution < -0.4 is 10.2 Å². The number of benzene rings is 1. The molecular formula is C23H38IN5O. The first-order valence-electron chi connectivity index (χ1n) is 11.2. The molecule has 0 saturated carbocycles. The smallest absolute Gasteiger partial charge is 0.227 e. The Morgan fingerprint density at radius 1 is 1.23 bits per heavy atom. The molecule has 0 radical (unpaired) electrons. The van der Waals surface area contributed by atoms with Gasteiger partial charge in [0.25, 0.3) is 0 Å². The summed E-state index contributed by atoms with van der Waals surface area (Å²) in [6.07, 6.45) is 3.59. The first-order valence-corrected chi connectivity index (χ1v) is 11.2. The zero-order chi connectivity index (χ0) is 20.6. The fourth-order valence-corrected chi connectivity index (χ4v) is 4.53. The topological polar surface area (TPSA) is 51.2 Å². The van der Waals surface area contributed by atoms with E-state index in [0.717, 1.165) is 63.8 Å². The molecule has 1 atom stereocenters. The maximum atomic E-state index is 12.6. The third-order valence-corrected chi connectivity index (χ3v) is 6.25. The Balaban J connectivity index is 0.00000320. The van der Waals surface area contributed by atoms with E-state index in [4.69, 9.17) is 0 Å². The van der Waals surface area contributed by atoms with Crippen LogP contribution in [-0.2, 0) is 11.2 Å². The van der Waals surface area contributed by atoms with Gasteiger partial charge in [0.1, 0.15) is 0 Å². The average molecular weight is 527 g/mol. The Morgan fingerprint density at radius 2 is 2.00 bits per heavy atom. The number of para-hydroxylation sites is 1. The number of aliphatic imine (C=N–C) groups is 1. The summed E-state index contributed by atoms with van der Waals surface area (Å²) in [6.45, 7) is 11.6. The fourth-order valence-electron chi connectivity index (χ4n) is 4.53. The Hall–Kier alpha value is -1.35. The minimum atomic E-state index is 0. The molecule has 7 heteroatoms. The number of rotatable bonds is 8. The Kier molecular flexibility index (Phi) is 10.4. The third-order valence-electron chi connectivity index (χ3n) is 6.25. The van der Waals surface area contributed by atoms with Crippen molar-refractivity contribution in [2.45, 2.75) is 39.5 Å². The molecule has 30 heavy (non-hydrogen) atoms. The van der Waals surface area contributed by atoms with Gasteiger partial charge in [-0.3, -0.25) is 9.79 Å². The number of likely N-dealkylation sites (tertiary alicyclic amines) is 1. The lowest BCUT2D eigenvalue weighted by atomic mass is 10.1. The molecule has 1 amide bonds. The predicted molar refractivity (Wildman–Crippen MR) is 136 cm³/mol. The van der Waals surface area contributed by atoms with Crippen LogP contribution in [0.5, 0.6) is 0 Å². The number of hydrogen-bond donors (Lipinski definition) is 1. The zero-order valence-electron chi connectivity index (χ0n) is 18.8. The molecule has 1 N–H and O–H groups in total. The third kappa shape index (κ3) is 6.33. The van der Waals surface area contributed by atoms with E-state index in [1.807, 2.05) is 24.1 Å². The fraction of sp³-hybridized carbons (Fsp3) is 0.652. The van der Waals surface area contributed by atoms with Crippen molar-refractivity contribution in [3.8, 4) is 0 Å². The zero-order valence-corrected chi connectivity index (χ0v) is 21.1. The van der Waals surface area contributed by atoms with Gasteiger partial charge >= 0.3 is 0 Å². The van der Waals surface area contributed by atoms with E-state index in [-0.39, 0.29) is 29.9 Å². The number of halogens is 1. The summed E-state index contributed by atoms with van der Waals surface area (Å²) in [6, 6.07) is 8.24. The second-order valence-electron chi connectivity index (χ2n) is 8.09. The normalized spacial score (nSPS) is 18.5. The number of amides is 1. The van der Waals surface area contributed by atoms with Gasteiger partial charge in [-0.25, -0.2) is 0 Å². The van der Waals surface area contributed by atoms with Gasteiger partial charge in [-0.05, 0) is 49.9 Å². The molecule has 2 heterocycles. The second-order valence-corrected chi connectivity index (χ2v) is 8.09. The molecular weight excluding hydrogens is 489 g/mol. The summed E-state index contributed by atoms with van der Waals surface area (Å²) in [4.78, 5) is 23.9. The van der Waals surface area contributed by atoms with Crippen molar-refractivity contribution in [2.75, 3.05) is 57.8 Å². The molecule has 1 unspecified atom stereocenters. The molecule has 3 rings (SSSR count). The Morgan fingerprint density at radius 3 is 2.73 bits per heavy atom. The van der Waals surface area contributed by atoms with Gasteiger partial charge in [0.15, 0.2) is 5.96 Å². The largest absolute Gasteiger partial charge is 0.356 e. The molecule has 6 nitrogen and oxygen atoms in total. The summed E-state index contributed by atoms with van der Waals surface area (Å²) >= 11 is 0. The first-order chi connectivity index (χ1) is 14.2. The second kappa shape index (κ2) is 12.5. The van der Waals surface area contributed by atoms with E-state index >= 15 is 0 Å². The van der Waals surface area contributed by atoms with Crippen LogP contribution in [0.15, 0.2) is 29.3 Å². The van der Waals surface area contributed by atoms with Crippen molar-refractivity contribution in [1.82, 2.24) is 15.1 Å². The SMILES string of the molecule is CCN(CC)CC1CCN(C(=NC)NCCCC(=O)N2CCc3ccccc32)C1.I. The number of carbonyl (C=O) groups excluding carboxylic acids is 1. The summed E-state index contributed by atoms with van der Waals surface area (Å²) in [5, 5.41) is 3.47. The van der Waals surface area contributed by atoms with Gasteiger partial charge in [-0.1, -0.05) is 32.0 Å². The minimum absolute atomic E-state index is 0. The molecule has 1 fully saturated rings. The highest BCUT2D eigenvalue weighted by Crippen LogP contribution is 2.28. The van der Waals surface area contributed by atoms with Crippen LogP contribution in [0.1, 0.15) is 38.7 Å². The van der Waals surface area contributed by atoms with Crippen molar-refractivity contribution < 1.29 is 4.79 Å². The van der Waals surface area contributed by atoms with E-state index in [9.17, 15) is 4.79 Å². The van der Waals surface area contributed by atoms with Crippen molar-refractivity contribution in [2.24, 2.45) is 10.9 Å². The number of carbonyl (C=O) groups is 1. The Labute approximate surface area is 199 Å². The number of guanidine groups is 1. The molecule has 1 aromatic rings. The molecule has 0 aromatic heterocycles. The highest BCUT2D eigenvalue weighted by molar-refractivity contribution is 14.0. The number of fused-ring (bicyclic) bond motifs is 1. The van der Waals surface area contributed by atoms with Crippen LogP contribution in [0, 0.1) is 5.92 Å². The maximum absolute atomic E-state index is 12.6. The first kappa shape index (κ1) is 24.9. The lowest BCUT2D eigenvalue weighted by Gasteiger charge is -2.24. The van der Waals surface area contributed by atoms with Crippen molar-refractivity contribution >= 4 is 41.5 Å². The predicted octanol–water partition coefficient (Wildman–Crippen LogP) is 3.21. The molecule has 1 aromatic carbocycles. The summed E-state index contributed by atoms with van der Waals surface area (Å²) in [5.74, 6) is 1.92. The van der Waals surface area contributed by atoms with Crippen LogP contribution in [0.25, 0.3) is 0 Å². The molecule has 0 spiro atoms. The van der Waals surface area contributed by atoms with E-state index in [1.54, 1.807) is 0 Å². The molecule has 2 aliphatic rings. The average Bonchev–Trinajstić information content (AvgIpc) is 3.39. The van der Waals surface area contributed by atoms with Gasteiger partial charge < -0.3 is 20.0 Å². The number of nitrogens with one attached hydrogen (secondary N) is 1. The summed E-state index contributed by atoms with van der Waals surface area (Å²) < 4.78 is 0. The quantitative estimate of drug-likeness (QED) is 0.244. The van der Waals surface area contributed by atoms with Gasteiger partial charge in [0, 0.05) is 51.9 Å². The standard InChI is InChI=1S/C23H37N5O.HI/c1-4-26(5-2)17-19-12-15-27(18-19)23(24-3)25-14-8-11-22(29)28-16-13-20-9-6-7-10-21(20)28;/h6-7,9-10,19H,4-5,8,11-18H2,1-3H3,(H,24,25);1H. The van der Waals surface area contributed by atoms with E-state index in [2.05, 4.69) is 46.1 Å². The highest BCUT2D eigenvalue weighted by atomic mass is 127. The van der Waals surface area contributed by atoms with Crippen molar-refractivity contribution in [1.29, 1.82) is 0 Å². The van der Waals surface area contributed by atoms with Gasteiger partial charge in [-0.15, -0.1) is 24.0 Å². The summed E-state index contributed by atoms with van der Waals surface area (Å²) in [7, 11) is 1.85. The monoisotopic (exact) mass is 527 g/mol. The van der Waals surface area contributed by atoms with Crippen molar-refractivity contribution in [3.63, 3.8) is 0 Å². The molecule has 2 aliphatic heterocycles. The minimum Gasteiger partial charge on any atom is -0.356 e. The van der Waals surface area contributed by atoms with Crippen LogP contribution in [0.2, 0.25) is 0 Å². The van der Waals surface area contributed by atoms with Crippen LogP contribution in [-0.4, -0.2) is 74.5 Å². The van der Waals surface area contributed by atoms with Gasteiger partial charge in [0.05, 0.1) is 0 Å². The van der Waals surface area contributed by atoms with E-state index in [1.165, 1.54) is 18.5 Å². The summed E-state index contributed by atoms with van der Waals surface area (Å²) in [5.41, 5.74) is 2.38. The number of anilines is 1. The van der Waals surface area contributed by atoms with Gasteiger partial charge in [0.2, 0.25) is 5.91 Å². The van der Waals surface area contributed by atoms with Crippen LogP contribution in [0.4, 0.5) is 5.69 Å². The number of hydrogen-bond acceptors (Lipinski definition) is 3. The molecule has 0 bridgehead atoms. The van der Waals surface area contributed by atoms with E-state index in [0.29, 0.717) is 12.3 Å².